The maximum atomic E-state index is 12.9. The molecule has 0 aliphatic carbocycles. The SMILES string of the molecule is CCOc1ccc(CNC2CCN(CCn3c(=O)cc(C(N)=O)c4ccc(COC)cc43)CC2)cc1. The Kier molecular flexibility index (Phi) is 8.74. The smallest absolute Gasteiger partial charge is 0.251 e. The molecule has 36 heavy (non-hydrogen) atoms. The molecule has 1 aromatic heterocycles. The predicted octanol–water partition coefficient (Wildman–Crippen LogP) is 2.90. The maximum Gasteiger partial charge on any atom is 0.251 e. The van der Waals surface area contributed by atoms with Crippen molar-refractivity contribution in [2.45, 2.75) is 45.5 Å². The van der Waals surface area contributed by atoms with Crippen molar-refractivity contribution in [3.63, 3.8) is 0 Å². The molecular weight excluding hydrogens is 456 g/mol. The van der Waals surface area contributed by atoms with E-state index in [-0.39, 0.29) is 11.1 Å². The molecule has 2 aromatic carbocycles. The highest BCUT2D eigenvalue weighted by molar-refractivity contribution is 6.05. The van der Waals surface area contributed by atoms with Gasteiger partial charge in [0.05, 0.1) is 24.3 Å². The topological polar surface area (TPSA) is 98.8 Å². The van der Waals surface area contributed by atoms with Crippen molar-refractivity contribution in [1.82, 2.24) is 14.8 Å². The van der Waals surface area contributed by atoms with E-state index in [1.807, 2.05) is 37.3 Å². The highest BCUT2D eigenvalue weighted by Crippen LogP contribution is 2.20. The second-order valence-corrected chi connectivity index (χ2v) is 9.27. The Bertz CT molecular complexity index is 1230. The van der Waals surface area contributed by atoms with Crippen molar-refractivity contribution in [3.8, 4) is 5.75 Å². The summed E-state index contributed by atoms with van der Waals surface area (Å²) in [7, 11) is 1.63. The van der Waals surface area contributed by atoms with E-state index < -0.39 is 5.91 Å². The van der Waals surface area contributed by atoms with Crippen molar-refractivity contribution >= 4 is 16.8 Å². The second-order valence-electron chi connectivity index (χ2n) is 9.27. The number of methoxy groups -OCH3 is 1. The summed E-state index contributed by atoms with van der Waals surface area (Å²) in [5.41, 5.74) is 8.51. The highest BCUT2D eigenvalue weighted by Gasteiger charge is 2.20. The van der Waals surface area contributed by atoms with Gasteiger partial charge in [0.2, 0.25) is 5.91 Å². The first-order valence-corrected chi connectivity index (χ1v) is 12.6. The van der Waals surface area contributed by atoms with Crippen molar-refractivity contribution in [1.29, 1.82) is 0 Å². The number of carbonyl (C=O) groups is 1. The molecule has 1 amide bonds. The summed E-state index contributed by atoms with van der Waals surface area (Å²) in [5.74, 6) is 0.309. The zero-order valence-corrected chi connectivity index (χ0v) is 21.2. The number of rotatable bonds is 11. The molecule has 0 atom stereocenters. The van der Waals surface area contributed by atoms with E-state index in [1.54, 1.807) is 11.7 Å². The molecule has 0 unspecified atom stereocenters. The number of hydrogen-bond donors (Lipinski definition) is 2. The van der Waals surface area contributed by atoms with Crippen LogP contribution in [0.4, 0.5) is 0 Å². The lowest BCUT2D eigenvalue weighted by Gasteiger charge is -2.32. The van der Waals surface area contributed by atoms with Gasteiger partial charge in [-0.15, -0.1) is 0 Å². The fourth-order valence-electron chi connectivity index (χ4n) is 4.85. The Balaban J connectivity index is 1.35. The first-order valence-electron chi connectivity index (χ1n) is 12.6. The van der Waals surface area contributed by atoms with Gasteiger partial charge in [0, 0.05) is 44.2 Å². The molecule has 0 spiro atoms. The molecule has 8 nitrogen and oxygen atoms in total. The zero-order valence-electron chi connectivity index (χ0n) is 21.2. The molecule has 2 heterocycles. The summed E-state index contributed by atoms with van der Waals surface area (Å²) < 4.78 is 12.5. The van der Waals surface area contributed by atoms with Crippen LogP contribution >= 0.6 is 0 Å². The zero-order chi connectivity index (χ0) is 25.5. The van der Waals surface area contributed by atoms with Crippen LogP contribution in [0, 0.1) is 0 Å². The van der Waals surface area contributed by atoms with Crippen LogP contribution in [0.5, 0.6) is 5.75 Å². The van der Waals surface area contributed by atoms with E-state index >= 15 is 0 Å². The van der Waals surface area contributed by atoms with E-state index in [1.165, 1.54) is 11.6 Å². The van der Waals surface area contributed by atoms with Crippen LogP contribution in [-0.2, 0) is 24.4 Å². The summed E-state index contributed by atoms with van der Waals surface area (Å²) in [6.45, 7) is 7.20. The van der Waals surface area contributed by atoms with Crippen LogP contribution in [0.25, 0.3) is 10.9 Å². The molecule has 0 radical (unpaired) electrons. The molecule has 3 aromatic rings. The van der Waals surface area contributed by atoms with Crippen molar-refractivity contribution in [2.75, 3.05) is 33.4 Å². The second kappa shape index (κ2) is 12.2. The molecule has 3 N–H and O–H groups in total. The number of hydrogen-bond acceptors (Lipinski definition) is 6. The van der Waals surface area contributed by atoms with Crippen molar-refractivity contribution < 1.29 is 14.3 Å². The van der Waals surface area contributed by atoms with Crippen LogP contribution in [0.2, 0.25) is 0 Å². The fraction of sp³-hybridized carbons (Fsp3) is 0.429. The third-order valence-corrected chi connectivity index (χ3v) is 6.81. The van der Waals surface area contributed by atoms with E-state index in [2.05, 4.69) is 22.3 Å². The predicted molar refractivity (Wildman–Crippen MR) is 141 cm³/mol. The first-order chi connectivity index (χ1) is 17.5. The molecule has 1 saturated heterocycles. The molecule has 1 fully saturated rings. The molecule has 192 valence electrons. The number of pyridine rings is 1. The Hall–Kier alpha value is -3.20. The monoisotopic (exact) mass is 492 g/mol. The number of ether oxygens (including phenoxy) is 2. The number of nitrogens with one attached hydrogen (secondary N) is 1. The molecule has 8 heteroatoms. The third kappa shape index (κ3) is 6.32. The quantitative estimate of drug-likeness (QED) is 0.427. The minimum Gasteiger partial charge on any atom is -0.494 e. The van der Waals surface area contributed by atoms with Gasteiger partial charge in [-0.1, -0.05) is 24.3 Å². The number of nitrogens with zero attached hydrogens (tertiary/aromatic N) is 2. The van der Waals surface area contributed by atoms with Crippen LogP contribution in [0.3, 0.4) is 0 Å². The maximum absolute atomic E-state index is 12.9. The Morgan fingerprint density at radius 1 is 1.06 bits per heavy atom. The van der Waals surface area contributed by atoms with Crippen LogP contribution < -0.4 is 21.3 Å². The van der Waals surface area contributed by atoms with Gasteiger partial charge >= 0.3 is 0 Å². The number of piperidine rings is 1. The van der Waals surface area contributed by atoms with Gasteiger partial charge in [0.15, 0.2) is 0 Å². The number of primary amides is 1. The molecular formula is C28H36N4O4. The lowest BCUT2D eigenvalue weighted by Crippen LogP contribution is -2.43. The largest absolute Gasteiger partial charge is 0.494 e. The highest BCUT2D eigenvalue weighted by atomic mass is 16.5. The Morgan fingerprint density at radius 2 is 1.78 bits per heavy atom. The number of aromatic nitrogens is 1. The summed E-state index contributed by atoms with van der Waals surface area (Å²) in [5, 5.41) is 4.37. The minimum absolute atomic E-state index is 0.210. The number of fused-ring (bicyclic) bond motifs is 1. The van der Waals surface area contributed by atoms with Gasteiger partial charge in [0.25, 0.3) is 5.56 Å². The molecule has 4 rings (SSSR count). The Morgan fingerprint density at radius 3 is 2.44 bits per heavy atom. The van der Waals surface area contributed by atoms with Crippen LogP contribution in [0.15, 0.2) is 53.3 Å². The lowest BCUT2D eigenvalue weighted by molar-refractivity contribution is 0.100. The molecule has 0 saturated carbocycles. The summed E-state index contributed by atoms with van der Waals surface area (Å²) >= 11 is 0. The van der Waals surface area contributed by atoms with Gasteiger partial charge in [-0.05, 0) is 62.2 Å². The lowest BCUT2D eigenvalue weighted by atomic mass is 10.0. The fourth-order valence-corrected chi connectivity index (χ4v) is 4.85. The number of benzene rings is 2. The van der Waals surface area contributed by atoms with E-state index in [0.29, 0.717) is 31.2 Å². The van der Waals surface area contributed by atoms with Gasteiger partial charge in [-0.3, -0.25) is 9.59 Å². The summed E-state index contributed by atoms with van der Waals surface area (Å²) in [6.07, 6.45) is 2.12. The molecule has 0 bridgehead atoms. The number of nitrogens with two attached hydrogens (primary N) is 1. The van der Waals surface area contributed by atoms with Crippen LogP contribution in [-0.4, -0.2) is 54.8 Å². The summed E-state index contributed by atoms with van der Waals surface area (Å²) in [6, 6.07) is 15.8. The first kappa shape index (κ1) is 25.9. The number of likely N-dealkylation sites (tertiary alicyclic amines) is 1. The molecule has 1 aliphatic heterocycles. The average Bonchev–Trinajstić information content (AvgIpc) is 2.88. The minimum atomic E-state index is -0.594. The van der Waals surface area contributed by atoms with Gasteiger partial charge in [0.1, 0.15) is 5.75 Å². The summed E-state index contributed by atoms with van der Waals surface area (Å²) in [4.78, 5) is 27.3. The standard InChI is InChI=1S/C28H36N4O4/c1-3-36-23-7-4-20(5-8-23)18-30-22-10-12-31(13-11-22)14-15-32-26-16-21(19-35-2)6-9-24(26)25(28(29)34)17-27(32)33/h4-9,16-17,22,30H,3,10-15,18-19H2,1-2H3,(H2,29,34). The van der Waals surface area contributed by atoms with Crippen molar-refractivity contribution in [2.24, 2.45) is 5.73 Å². The third-order valence-electron chi connectivity index (χ3n) is 6.81. The molecule has 1 aliphatic rings. The number of amides is 1. The van der Waals surface area contributed by atoms with E-state index in [9.17, 15) is 9.59 Å². The Labute approximate surface area is 212 Å². The van der Waals surface area contributed by atoms with Crippen molar-refractivity contribution in [3.05, 3.63) is 75.6 Å². The van der Waals surface area contributed by atoms with E-state index in [0.717, 1.165) is 55.9 Å². The van der Waals surface area contributed by atoms with Gasteiger partial charge in [-0.2, -0.15) is 0 Å². The van der Waals surface area contributed by atoms with E-state index in [4.69, 9.17) is 15.2 Å². The van der Waals surface area contributed by atoms with Crippen LogP contribution in [0.1, 0.15) is 41.3 Å². The van der Waals surface area contributed by atoms with Gasteiger partial charge < -0.3 is 30.0 Å². The average molecular weight is 493 g/mol. The normalized spacial score (nSPS) is 14.8. The number of carbonyl (C=O) groups excluding carboxylic acids is 1. The van der Waals surface area contributed by atoms with Gasteiger partial charge in [-0.25, -0.2) is 0 Å².